The van der Waals surface area contributed by atoms with Gasteiger partial charge in [-0.05, 0) is 61.2 Å². The first-order valence-corrected chi connectivity index (χ1v) is 12.2. The Balaban J connectivity index is 1.46. The Morgan fingerprint density at radius 3 is 2.84 bits per heavy atom. The smallest absolute Gasteiger partial charge is 0.341 e. The average Bonchev–Trinajstić information content (AvgIpc) is 3.25. The molecule has 1 aliphatic rings. The molecule has 32 heavy (non-hydrogen) atoms. The number of thiocarbonyl (C=S) groups is 1. The second-order valence-corrected chi connectivity index (χ2v) is 9.86. The number of anilines is 2. The van der Waals surface area contributed by atoms with Gasteiger partial charge >= 0.3 is 5.97 Å². The van der Waals surface area contributed by atoms with Crippen LogP contribution in [0.1, 0.15) is 45.6 Å². The first-order chi connectivity index (χ1) is 15.4. The molecular formula is C22H22Cl2N4O2S2. The van der Waals surface area contributed by atoms with Gasteiger partial charge in [-0.25, -0.2) is 4.79 Å². The number of methoxy groups -OCH3 is 1. The zero-order valence-electron chi connectivity index (χ0n) is 17.4. The molecule has 0 fully saturated rings. The number of fused-ring (bicyclic) bond motifs is 1. The van der Waals surface area contributed by atoms with Crippen molar-refractivity contribution in [2.24, 2.45) is 0 Å². The van der Waals surface area contributed by atoms with Gasteiger partial charge in [-0.1, -0.05) is 35.7 Å². The molecule has 2 heterocycles. The standard InChI is InChI=1S/C22H22Cl2N4O2S2/c1-30-21(29)19-16-5-3-2-4-6-18(16)32-20(19)27-22(31)26-15-10-25-28(12-15)11-13-7-8-14(23)9-17(13)24/h7-10,12H,2-6,11H2,1H3,(H2,26,27,31). The highest BCUT2D eigenvalue weighted by molar-refractivity contribution is 7.80. The van der Waals surface area contributed by atoms with Crippen LogP contribution in [0.2, 0.25) is 10.0 Å². The van der Waals surface area contributed by atoms with E-state index in [9.17, 15) is 4.79 Å². The highest BCUT2D eigenvalue weighted by Gasteiger charge is 2.25. The van der Waals surface area contributed by atoms with E-state index >= 15 is 0 Å². The van der Waals surface area contributed by atoms with Crippen molar-refractivity contribution in [3.63, 3.8) is 0 Å². The molecule has 3 aromatic rings. The average molecular weight is 509 g/mol. The molecule has 0 atom stereocenters. The van der Waals surface area contributed by atoms with E-state index in [1.54, 1.807) is 34.3 Å². The van der Waals surface area contributed by atoms with Gasteiger partial charge in [0.2, 0.25) is 0 Å². The maximum Gasteiger partial charge on any atom is 0.341 e. The first kappa shape index (κ1) is 23.0. The van der Waals surface area contributed by atoms with Gasteiger partial charge in [0.1, 0.15) is 5.00 Å². The number of rotatable bonds is 5. The Bertz CT molecular complexity index is 1160. The summed E-state index contributed by atoms with van der Waals surface area (Å²) in [4.78, 5) is 13.7. The van der Waals surface area contributed by atoms with Gasteiger partial charge < -0.3 is 15.4 Å². The molecule has 0 saturated heterocycles. The molecule has 2 N–H and O–H groups in total. The molecule has 168 valence electrons. The third kappa shape index (κ3) is 5.26. The fourth-order valence-corrected chi connectivity index (χ4v) is 5.79. The number of hydrogen-bond donors (Lipinski definition) is 2. The normalized spacial score (nSPS) is 13.2. The summed E-state index contributed by atoms with van der Waals surface area (Å²) in [7, 11) is 1.41. The number of thiophene rings is 1. The minimum Gasteiger partial charge on any atom is -0.465 e. The lowest BCUT2D eigenvalue weighted by Crippen LogP contribution is -2.20. The van der Waals surface area contributed by atoms with Crippen molar-refractivity contribution in [1.29, 1.82) is 0 Å². The second kappa shape index (κ2) is 10.2. The third-order valence-electron chi connectivity index (χ3n) is 5.28. The summed E-state index contributed by atoms with van der Waals surface area (Å²) in [5.41, 5.74) is 3.34. The first-order valence-electron chi connectivity index (χ1n) is 10.2. The highest BCUT2D eigenvalue weighted by atomic mass is 35.5. The number of carbonyl (C=O) groups is 1. The zero-order valence-corrected chi connectivity index (χ0v) is 20.6. The van der Waals surface area contributed by atoms with Crippen LogP contribution >= 0.6 is 46.8 Å². The van der Waals surface area contributed by atoms with E-state index in [0.29, 0.717) is 27.3 Å². The van der Waals surface area contributed by atoms with Crippen molar-refractivity contribution in [3.05, 3.63) is 62.2 Å². The fourth-order valence-electron chi connectivity index (χ4n) is 3.75. The lowest BCUT2D eigenvalue weighted by molar-refractivity contribution is 0.0601. The molecule has 0 unspecified atom stereocenters. The molecule has 4 rings (SSSR count). The number of aryl methyl sites for hydroxylation is 1. The maximum atomic E-state index is 12.5. The molecule has 0 radical (unpaired) electrons. The van der Waals surface area contributed by atoms with Crippen LogP contribution in [0, 0.1) is 0 Å². The SMILES string of the molecule is COC(=O)c1c(NC(=S)Nc2cnn(Cc3ccc(Cl)cc3Cl)c2)sc2c1CCCCC2. The summed E-state index contributed by atoms with van der Waals surface area (Å²) in [6.07, 6.45) is 8.77. The van der Waals surface area contributed by atoms with E-state index < -0.39 is 0 Å². The molecule has 1 aliphatic carbocycles. The number of ether oxygens (including phenoxy) is 1. The van der Waals surface area contributed by atoms with Crippen molar-refractivity contribution >= 4 is 68.5 Å². The van der Waals surface area contributed by atoms with Gasteiger partial charge in [-0.3, -0.25) is 4.68 Å². The topological polar surface area (TPSA) is 68.2 Å². The predicted octanol–water partition coefficient (Wildman–Crippen LogP) is 6.16. The monoisotopic (exact) mass is 508 g/mol. The number of nitrogens with one attached hydrogen (secondary N) is 2. The van der Waals surface area contributed by atoms with Crippen LogP contribution < -0.4 is 10.6 Å². The molecule has 6 nitrogen and oxygen atoms in total. The number of esters is 1. The minimum atomic E-state index is -0.331. The number of nitrogens with zero attached hydrogens (tertiary/aromatic N) is 2. The van der Waals surface area contributed by atoms with Crippen LogP contribution in [-0.2, 0) is 24.1 Å². The quantitative estimate of drug-likeness (QED) is 0.244. The van der Waals surface area contributed by atoms with Gasteiger partial charge in [-0.2, -0.15) is 5.10 Å². The summed E-state index contributed by atoms with van der Waals surface area (Å²) in [5, 5.41) is 13.0. The Morgan fingerprint density at radius 1 is 1.25 bits per heavy atom. The van der Waals surface area contributed by atoms with E-state index in [4.69, 9.17) is 40.2 Å². The molecule has 0 saturated carbocycles. The van der Waals surface area contributed by atoms with Crippen LogP contribution in [0.5, 0.6) is 0 Å². The predicted molar refractivity (Wildman–Crippen MR) is 135 cm³/mol. The molecule has 0 bridgehead atoms. The highest BCUT2D eigenvalue weighted by Crippen LogP contribution is 2.38. The van der Waals surface area contributed by atoms with Gasteiger partial charge in [0.25, 0.3) is 0 Å². The molecular weight excluding hydrogens is 487 g/mol. The summed E-state index contributed by atoms with van der Waals surface area (Å²) in [5.74, 6) is -0.331. The minimum absolute atomic E-state index is 0.331. The molecule has 0 aliphatic heterocycles. The molecule has 1 aromatic carbocycles. The van der Waals surface area contributed by atoms with Crippen LogP contribution in [0.3, 0.4) is 0 Å². The van der Waals surface area contributed by atoms with Crippen LogP contribution in [0.4, 0.5) is 10.7 Å². The van der Waals surface area contributed by atoms with E-state index in [2.05, 4.69) is 15.7 Å². The van der Waals surface area contributed by atoms with Crippen molar-refractivity contribution in [2.75, 3.05) is 17.7 Å². The van der Waals surface area contributed by atoms with Crippen LogP contribution in [0.25, 0.3) is 0 Å². The van der Waals surface area contributed by atoms with Gasteiger partial charge in [-0.15, -0.1) is 11.3 Å². The molecule has 10 heteroatoms. The van der Waals surface area contributed by atoms with Crippen molar-refractivity contribution < 1.29 is 9.53 Å². The largest absolute Gasteiger partial charge is 0.465 e. The Kier molecular flexibility index (Phi) is 7.35. The maximum absolute atomic E-state index is 12.5. The van der Waals surface area contributed by atoms with Crippen molar-refractivity contribution in [3.8, 4) is 0 Å². The van der Waals surface area contributed by atoms with E-state index in [1.807, 2.05) is 12.3 Å². The van der Waals surface area contributed by atoms with Crippen molar-refractivity contribution in [1.82, 2.24) is 9.78 Å². The summed E-state index contributed by atoms with van der Waals surface area (Å²) < 4.78 is 6.81. The molecule has 0 spiro atoms. The van der Waals surface area contributed by atoms with Crippen LogP contribution in [0.15, 0.2) is 30.6 Å². The van der Waals surface area contributed by atoms with E-state index in [-0.39, 0.29) is 5.97 Å². The summed E-state index contributed by atoms with van der Waals surface area (Å²) in [6, 6.07) is 5.38. The Hall–Kier alpha value is -2.13. The van der Waals surface area contributed by atoms with Crippen molar-refractivity contribution in [2.45, 2.75) is 38.6 Å². The summed E-state index contributed by atoms with van der Waals surface area (Å²) >= 11 is 19.3. The number of aromatic nitrogens is 2. The third-order valence-corrected chi connectivity index (χ3v) is 7.27. The van der Waals surface area contributed by atoms with Gasteiger partial charge in [0.15, 0.2) is 5.11 Å². The molecule has 0 amide bonds. The number of carbonyl (C=O) groups excluding carboxylic acids is 1. The molecule has 2 aromatic heterocycles. The lowest BCUT2D eigenvalue weighted by Gasteiger charge is -2.10. The van der Waals surface area contributed by atoms with E-state index in [1.165, 1.54) is 18.4 Å². The fraction of sp³-hybridized carbons (Fsp3) is 0.318. The Labute approximate surface area is 205 Å². The van der Waals surface area contributed by atoms with Gasteiger partial charge in [0.05, 0.1) is 31.1 Å². The van der Waals surface area contributed by atoms with Crippen LogP contribution in [-0.4, -0.2) is 28.0 Å². The number of benzene rings is 1. The number of halogens is 2. The number of hydrogen-bond acceptors (Lipinski definition) is 5. The summed E-state index contributed by atoms with van der Waals surface area (Å²) in [6.45, 7) is 0.502. The second-order valence-electron chi connectivity index (χ2n) is 7.50. The van der Waals surface area contributed by atoms with Gasteiger partial charge in [0, 0.05) is 21.1 Å². The Morgan fingerprint density at radius 2 is 2.06 bits per heavy atom. The zero-order chi connectivity index (χ0) is 22.7. The van der Waals surface area contributed by atoms with E-state index in [0.717, 1.165) is 47.5 Å². The lowest BCUT2D eigenvalue weighted by atomic mass is 10.1.